The lowest BCUT2D eigenvalue weighted by Crippen LogP contribution is -2.25. The normalized spacial score (nSPS) is 11.9. The van der Waals surface area contributed by atoms with Crippen molar-refractivity contribution in [3.8, 4) is 45.6 Å². The first-order valence-corrected chi connectivity index (χ1v) is 16.4. The van der Waals surface area contributed by atoms with Crippen molar-refractivity contribution >= 4 is 38.2 Å². The van der Waals surface area contributed by atoms with Gasteiger partial charge in [0.15, 0.2) is 34.5 Å². The molecule has 0 fully saturated rings. The monoisotopic (exact) mass is 669 g/mol. The van der Waals surface area contributed by atoms with Gasteiger partial charge in [-0.15, -0.1) is 0 Å². The first kappa shape index (κ1) is 33.8. The van der Waals surface area contributed by atoms with Gasteiger partial charge >= 0.3 is 5.63 Å². The quantitative estimate of drug-likeness (QED) is 0.119. The minimum absolute atomic E-state index is 0.0334. The Morgan fingerprint density at radius 3 is 2.00 bits per heavy atom. The van der Waals surface area contributed by atoms with Crippen LogP contribution in [0.4, 0.5) is 0 Å². The van der Waals surface area contributed by atoms with Gasteiger partial charge in [0, 0.05) is 46.6 Å². The Hall–Kier alpha value is -5.13. The molecular formula is C38H43N3O8. The third kappa shape index (κ3) is 5.62. The molecular weight excluding hydrogens is 626 g/mol. The molecule has 0 saturated carbocycles. The lowest BCUT2D eigenvalue weighted by molar-refractivity contribution is 0.261. The molecule has 3 aromatic carbocycles. The van der Waals surface area contributed by atoms with Gasteiger partial charge in [-0.1, -0.05) is 19.9 Å². The van der Waals surface area contributed by atoms with Gasteiger partial charge in [-0.25, -0.2) is 4.79 Å². The number of ether oxygens (including phenoxy) is 3. The highest BCUT2D eigenvalue weighted by molar-refractivity contribution is 6.22. The van der Waals surface area contributed by atoms with Crippen LogP contribution < -0.4 is 19.8 Å². The summed E-state index contributed by atoms with van der Waals surface area (Å²) in [4.78, 5) is 18.4. The Labute approximate surface area is 284 Å². The number of phenolic OH excluding ortho intramolecular Hbond substituents is 3. The van der Waals surface area contributed by atoms with Crippen molar-refractivity contribution in [2.24, 2.45) is 0 Å². The van der Waals surface area contributed by atoms with Crippen LogP contribution in [0.25, 0.3) is 49.3 Å². The zero-order chi connectivity index (χ0) is 35.1. The number of hydrogen-bond donors (Lipinski definition) is 3. The number of fused-ring (bicyclic) bond motifs is 7. The zero-order valence-electron chi connectivity index (χ0n) is 29.0. The van der Waals surface area contributed by atoms with Crippen LogP contribution in [-0.4, -0.2) is 78.0 Å². The highest BCUT2D eigenvalue weighted by Crippen LogP contribution is 2.48. The Balaban J connectivity index is 1.87. The van der Waals surface area contributed by atoms with E-state index in [9.17, 15) is 20.1 Å². The molecule has 0 aliphatic carbocycles. The van der Waals surface area contributed by atoms with Crippen LogP contribution in [0.1, 0.15) is 37.8 Å². The highest BCUT2D eigenvalue weighted by Gasteiger charge is 2.28. The molecule has 6 rings (SSSR count). The summed E-state index contributed by atoms with van der Waals surface area (Å²) in [5, 5.41) is 36.0. The third-order valence-electron chi connectivity index (χ3n) is 9.08. The second-order valence-electron chi connectivity index (χ2n) is 12.6. The lowest BCUT2D eigenvalue weighted by atomic mass is 9.95. The Bertz CT molecular complexity index is 2260. The number of phenols is 3. The van der Waals surface area contributed by atoms with Gasteiger partial charge in [-0.3, -0.25) is 4.90 Å². The average molecular weight is 670 g/mol. The molecule has 0 saturated heterocycles. The van der Waals surface area contributed by atoms with E-state index in [0.29, 0.717) is 51.6 Å². The summed E-state index contributed by atoms with van der Waals surface area (Å²) >= 11 is 0. The van der Waals surface area contributed by atoms with E-state index in [4.69, 9.17) is 18.6 Å². The van der Waals surface area contributed by atoms with Crippen molar-refractivity contribution in [2.75, 3.05) is 48.5 Å². The van der Waals surface area contributed by atoms with Crippen molar-refractivity contribution in [2.45, 2.75) is 39.8 Å². The molecule has 0 bridgehead atoms. The summed E-state index contributed by atoms with van der Waals surface area (Å²) < 4.78 is 24.9. The molecule has 6 aromatic rings. The van der Waals surface area contributed by atoms with E-state index >= 15 is 0 Å². The fourth-order valence-corrected chi connectivity index (χ4v) is 7.02. The van der Waals surface area contributed by atoms with Gasteiger partial charge in [0.2, 0.25) is 0 Å². The number of hydrogen-bond acceptors (Lipinski definition) is 10. The Kier molecular flexibility index (Phi) is 9.24. The van der Waals surface area contributed by atoms with Crippen LogP contribution in [0.3, 0.4) is 0 Å². The molecule has 0 amide bonds. The van der Waals surface area contributed by atoms with Crippen LogP contribution in [0.2, 0.25) is 0 Å². The molecule has 11 heteroatoms. The number of methoxy groups -OCH3 is 3. The Morgan fingerprint density at radius 1 is 0.755 bits per heavy atom. The number of benzene rings is 3. The van der Waals surface area contributed by atoms with E-state index in [2.05, 4.69) is 18.7 Å². The van der Waals surface area contributed by atoms with Gasteiger partial charge < -0.3 is 43.2 Å². The van der Waals surface area contributed by atoms with Gasteiger partial charge in [-0.05, 0) is 81.3 Å². The Morgan fingerprint density at radius 2 is 1.39 bits per heavy atom. The lowest BCUT2D eigenvalue weighted by Gasteiger charge is -2.22. The summed E-state index contributed by atoms with van der Waals surface area (Å²) in [5.74, 6) is 0.719. The third-order valence-corrected chi connectivity index (χ3v) is 9.08. The van der Waals surface area contributed by atoms with Crippen LogP contribution in [-0.2, 0) is 13.1 Å². The minimum Gasteiger partial charge on any atom is -0.504 e. The molecule has 258 valence electrons. The van der Waals surface area contributed by atoms with Crippen molar-refractivity contribution in [1.82, 2.24) is 14.2 Å². The fourth-order valence-electron chi connectivity index (χ4n) is 7.02. The summed E-state index contributed by atoms with van der Waals surface area (Å²) in [6, 6.07) is 10.4. The summed E-state index contributed by atoms with van der Waals surface area (Å²) in [7, 11) is 8.32. The smallest absolute Gasteiger partial charge is 0.361 e. The fraction of sp³-hybridized carbons (Fsp3) is 0.342. The predicted molar refractivity (Wildman–Crippen MR) is 192 cm³/mol. The summed E-state index contributed by atoms with van der Waals surface area (Å²) in [6.07, 6.45) is 3.63. The summed E-state index contributed by atoms with van der Waals surface area (Å²) in [5.41, 5.74) is 3.08. The van der Waals surface area contributed by atoms with Gasteiger partial charge in [0.25, 0.3) is 0 Å². The maximum Gasteiger partial charge on any atom is 0.361 e. The van der Waals surface area contributed by atoms with Gasteiger partial charge in [0.1, 0.15) is 11.1 Å². The second kappa shape index (κ2) is 13.4. The van der Waals surface area contributed by atoms with E-state index in [1.807, 2.05) is 25.1 Å². The summed E-state index contributed by atoms with van der Waals surface area (Å²) in [6.45, 7) is 6.56. The molecule has 3 N–H and O–H groups in total. The number of nitrogens with zero attached hydrogens (tertiary/aromatic N) is 3. The standard InChI is InChI=1S/C38H43N3O8/c1-8-13-40(14-9-2)20-26-36(44)30(48-7)18-24-32-31(21-10-11-27(42)28(16-21)46-5)33-23-17-29(47-6)35(43)25(19-39(3)4)22(23)12-15-41(33)34(32)38(45)49-37(24)26/h10-12,15-18,42-44H,8-9,13-14,19-20H2,1-7H3. The number of aromatic hydroxyl groups is 3. The number of rotatable bonds is 12. The van der Waals surface area contributed by atoms with E-state index in [0.717, 1.165) is 36.7 Å². The van der Waals surface area contributed by atoms with Crippen molar-refractivity contribution in [3.63, 3.8) is 0 Å². The van der Waals surface area contributed by atoms with Crippen molar-refractivity contribution in [1.29, 1.82) is 0 Å². The maximum atomic E-state index is 14.3. The first-order chi connectivity index (χ1) is 23.6. The van der Waals surface area contributed by atoms with Crippen LogP contribution in [0.15, 0.2) is 51.8 Å². The molecule has 3 heterocycles. The average Bonchev–Trinajstić information content (AvgIpc) is 3.44. The molecule has 0 unspecified atom stereocenters. The van der Waals surface area contributed by atoms with E-state index < -0.39 is 5.63 Å². The zero-order valence-corrected chi connectivity index (χ0v) is 29.0. The second-order valence-corrected chi connectivity index (χ2v) is 12.6. The molecule has 49 heavy (non-hydrogen) atoms. The van der Waals surface area contributed by atoms with E-state index in [1.54, 1.807) is 40.9 Å². The molecule has 11 nitrogen and oxygen atoms in total. The predicted octanol–water partition coefficient (Wildman–Crippen LogP) is 6.85. The van der Waals surface area contributed by atoms with Crippen LogP contribution in [0, 0.1) is 0 Å². The highest BCUT2D eigenvalue weighted by atomic mass is 16.5. The molecule has 0 aliphatic heterocycles. The van der Waals surface area contributed by atoms with E-state index in [-0.39, 0.29) is 45.6 Å². The first-order valence-electron chi connectivity index (χ1n) is 16.4. The topological polar surface area (TPSA) is 129 Å². The molecule has 0 aliphatic rings. The number of aromatic nitrogens is 1. The van der Waals surface area contributed by atoms with Gasteiger partial charge in [0.05, 0.1) is 32.4 Å². The van der Waals surface area contributed by atoms with Crippen molar-refractivity contribution < 1.29 is 33.9 Å². The minimum atomic E-state index is -0.587. The van der Waals surface area contributed by atoms with Crippen LogP contribution in [0.5, 0.6) is 34.5 Å². The van der Waals surface area contributed by atoms with E-state index in [1.165, 1.54) is 21.3 Å². The molecule has 0 spiro atoms. The molecule has 0 radical (unpaired) electrons. The number of pyridine rings is 1. The SMILES string of the molecule is CCCN(CCC)Cc1c(O)c(OC)cc2c1oc(=O)c1c2c(-c2ccc(O)c(OC)c2)c2c3cc(OC)c(O)c(CN(C)C)c3ccn21. The van der Waals surface area contributed by atoms with Crippen molar-refractivity contribution in [3.05, 3.63) is 64.1 Å². The maximum absolute atomic E-state index is 14.3. The molecule has 0 atom stereocenters. The molecule has 3 aromatic heterocycles. The largest absolute Gasteiger partial charge is 0.504 e. The van der Waals surface area contributed by atoms with Gasteiger partial charge in [-0.2, -0.15) is 0 Å². The van der Waals surface area contributed by atoms with Crippen LogP contribution >= 0.6 is 0 Å².